The van der Waals surface area contributed by atoms with Crippen molar-refractivity contribution in [1.82, 2.24) is 19.9 Å². The second-order valence-corrected chi connectivity index (χ2v) is 5.15. The number of benzene rings is 1. The molecule has 108 valence electrons. The van der Waals surface area contributed by atoms with Crippen LogP contribution in [-0.4, -0.2) is 31.5 Å². The molecule has 0 amide bonds. The van der Waals surface area contributed by atoms with Crippen LogP contribution >= 0.6 is 0 Å². The number of fused-ring (bicyclic) bond motifs is 7. The summed E-state index contributed by atoms with van der Waals surface area (Å²) in [7, 11) is 0. The summed E-state index contributed by atoms with van der Waals surface area (Å²) in [6, 6.07) is 3.53. The zero-order valence-corrected chi connectivity index (χ0v) is 11.5. The van der Waals surface area contributed by atoms with Crippen LogP contribution in [0.1, 0.15) is 20.8 Å². The van der Waals surface area contributed by atoms with Crippen LogP contribution in [0.25, 0.3) is 33.2 Å². The lowest BCUT2D eigenvalue weighted by Crippen LogP contribution is -2.21. The van der Waals surface area contributed by atoms with Gasteiger partial charge in [-0.05, 0) is 6.07 Å². The Morgan fingerprint density at radius 1 is 0.913 bits per heavy atom. The number of furan rings is 1. The summed E-state index contributed by atoms with van der Waals surface area (Å²) in [5.74, 6) is -0.968. The van der Waals surface area contributed by atoms with Crippen molar-refractivity contribution in [2.45, 2.75) is 0 Å². The largest absolute Gasteiger partial charge is 0.453 e. The van der Waals surface area contributed by atoms with Gasteiger partial charge in [0.25, 0.3) is 5.78 Å². The average Bonchev–Trinajstić information content (AvgIpc) is 3.00. The number of hydrogen-bond acceptors (Lipinski definition) is 7. The average molecular weight is 302 g/mol. The summed E-state index contributed by atoms with van der Waals surface area (Å²) in [5, 5.41) is 1.34. The second kappa shape index (κ2) is 4.04. The van der Waals surface area contributed by atoms with Crippen LogP contribution in [0.4, 0.5) is 0 Å². The molecule has 0 radical (unpaired) electrons. The molecule has 5 rings (SSSR count). The van der Waals surface area contributed by atoms with Crippen molar-refractivity contribution < 1.29 is 14.0 Å². The molecule has 0 N–H and O–H groups in total. The standard InChI is InChI=1S/C16H6N4O3/c21-13-10-8-2-1-7-3-17-5-19-11(7)16(8)23-15(10)9-4-18-6-20-12(9)14(13)22/h1-6H. The fourth-order valence-electron chi connectivity index (χ4n) is 2.92. The lowest BCUT2D eigenvalue weighted by atomic mass is 9.91. The van der Waals surface area contributed by atoms with Gasteiger partial charge in [0.1, 0.15) is 23.9 Å². The van der Waals surface area contributed by atoms with E-state index >= 15 is 0 Å². The summed E-state index contributed by atoms with van der Waals surface area (Å²) in [6.07, 6.45) is 5.78. The monoisotopic (exact) mass is 302 g/mol. The van der Waals surface area contributed by atoms with Crippen LogP contribution in [0, 0.1) is 0 Å². The van der Waals surface area contributed by atoms with E-state index < -0.39 is 11.6 Å². The number of rotatable bonds is 0. The van der Waals surface area contributed by atoms with Crippen molar-refractivity contribution in [3.8, 4) is 11.3 Å². The Morgan fingerprint density at radius 2 is 1.74 bits per heavy atom. The van der Waals surface area contributed by atoms with Gasteiger partial charge in [-0.1, -0.05) is 6.07 Å². The molecule has 1 aliphatic carbocycles. The highest BCUT2D eigenvalue weighted by Gasteiger charge is 2.36. The van der Waals surface area contributed by atoms with E-state index in [2.05, 4.69) is 19.9 Å². The Labute approximate surface area is 128 Å². The predicted molar refractivity (Wildman–Crippen MR) is 79.0 cm³/mol. The highest BCUT2D eigenvalue weighted by molar-refractivity contribution is 6.54. The molecule has 3 aromatic heterocycles. The molecule has 7 nitrogen and oxygen atoms in total. The quantitative estimate of drug-likeness (QED) is 0.459. The van der Waals surface area contributed by atoms with Gasteiger partial charge in [0.2, 0.25) is 5.78 Å². The molecule has 0 fully saturated rings. The van der Waals surface area contributed by atoms with Gasteiger partial charge in [0.15, 0.2) is 11.3 Å². The van der Waals surface area contributed by atoms with E-state index in [1.54, 1.807) is 18.3 Å². The third-order valence-electron chi connectivity index (χ3n) is 3.94. The number of carbonyl (C=O) groups is 2. The third kappa shape index (κ3) is 1.43. The topological polar surface area (TPSA) is 98.8 Å². The Morgan fingerprint density at radius 3 is 2.65 bits per heavy atom. The molecule has 0 saturated carbocycles. The maximum Gasteiger partial charge on any atom is 0.252 e. The van der Waals surface area contributed by atoms with Crippen LogP contribution in [0.2, 0.25) is 0 Å². The maximum atomic E-state index is 12.5. The summed E-state index contributed by atoms with van der Waals surface area (Å²) in [4.78, 5) is 40.8. The van der Waals surface area contributed by atoms with Gasteiger partial charge in [-0.15, -0.1) is 0 Å². The zero-order valence-electron chi connectivity index (χ0n) is 11.5. The minimum Gasteiger partial charge on any atom is -0.453 e. The first-order valence-corrected chi connectivity index (χ1v) is 6.80. The van der Waals surface area contributed by atoms with Gasteiger partial charge in [-0.2, -0.15) is 0 Å². The molecule has 0 spiro atoms. The minimum absolute atomic E-state index is 0.0653. The summed E-state index contributed by atoms with van der Waals surface area (Å²) < 4.78 is 5.91. The lowest BCUT2D eigenvalue weighted by molar-refractivity contribution is 0.0812. The van der Waals surface area contributed by atoms with Crippen LogP contribution in [0.5, 0.6) is 0 Å². The normalized spacial score (nSPS) is 13.4. The molecule has 4 aromatic rings. The Balaban J connectivity index is 1.99. The Kier molecular flexibility index (Phi) is 2.12. The molecular formula is C16H6N4O3. The molecule has 1 aliphatic rings. The van der Waals surface area contributed by atoms with Crippen molar-refractivity contribution in [3.05, 3.63) is 48.4 Å². The number of Topliss-reactive ketones (excluding diaryl/α,β-unsaturated/α-hetero) is 2. The van der Waals surface area contributed by atoms with Crippen molar-refractivity contribution in [3.63, 3.8) is 0 Å². The number of nitrogens with zero attached hydrogens (tertiary/aromatic N) is 4. The van der Waals surface area contributed by atoms with E-state index in [4.69, 9.17) is 4.42 Å². The highest BCUT2D eigenvalue weighted by atomic mass is 16.3. The van der Waals surface area contributed by atoms with E-state index in [9.17, 15) is 9.59 Å². The van der Waals surface area contributed by atoms with Crippen molar-refractivity contribution in [2.75, 3.05) is 0 Å². The zero-order chi connectivity index (χ0) is 15.6. The number of aromatic nitrogens is 4. The molecule has 0 saturated heterocycles. The first kappa shape index (κ1) is 12.1. The highest BCUT2D eigenvalue weighted by Crippen LogP contribution is 2.40. The van der Waals surface area contributed by atoms with Gasteiger partial charge in [0.05, 0.1) is 11.1 Å². The van der Waals surface area contributed by atoms with Crippen LogP contribution in [0.3, 0.4) is 0 Å². The smallest absolute Gasteiger partial charge is 0.252 e. The third-order valence-corrected chi connectivity index (χ3v) is 3.94. The number of carbonyl (C=O) groups excluding carboxylic acids is 2. The van der Waals surface area contributed by atoms with Gasteiger partial charge < -0.3 is 4.42 Å². The summed E-state index contributed by atoms with van der Waals surface area (Å²) >= 11 is 0. The maximum absolute atomic E-state index is 12.5. The fraction of sp³-hybridized carbons (Fsp3) is 0. The first-order chi connectivity index (χ1) is 11.3. The van der Waals surface area contributed by atoms with E-state index in [-0.39, 0.29) is 11.3 Å². The van der Waals surface area contributed by atoms with Crippen LogP contribution in [0.15, 0.2) is 41.6 Å². The second-order valence-electron chi connectivity index (χ2n) is 5.15. The first-order valence-electron chi connectivity index (χ1n) is 6.80. The van der Waals surface area contributed by atoms with Gasteiger partial charge in [-0.25, -0.2) is 19.9 Å². The van der Waals surface area contributed by atoms with Gasteiger partial charge in [0, 0.05) is 23.2 Å². The molecular weight excluding hydrogens is 296 g/mol. The van der Waals surface area contributed by atoms with E-state index in [1.807, 2.05) is 0 Å². The summed E-state index contributed by atoms with van der Waals surface area (Å²) in [6.45, 7) is 0. The summed E-state index contributed by atoms with van der Waals surface area (Å²) in [5.41, 5.74) is 1.77. The molecule has 0 unspecified atom stereocenters. The number of hydrogen-bond donors (Lipinski definition) is 0. The SMILES string of the molecule is O=C1C(=O)c2c(oc3c2ccc2cncnc23)-c2cncnc21. The van der Waals surface area contributed by atoms with E-state index in [0.29, 0.717) is 27.8 Å². The van der Waals surface area contributed by atoms with Crippen LogP contribution in [-0.2, 0) is 0 Å². The van der Waals surface area contributed by atoms with Crippen molar-refractivity contribution in [2.24, 2.45) is 0 Å². The molecule has 3 heterocycles. The predicted octanol–water partition coefficient (Wildman–Crippen LogP) is 2.21. The molecule has 7 heteroatoms. The minimum atomic E-state index is -0.652. The molecule has 0 atom stereocenters. The molecule has 1 aromatic carbocycles. The van der Waals surface area contributed by atoms with E-state index in [1.165, 1.54) is 18.9 Å². The van der Waals surface area contributed by atoms with Crippen LogP contribution < -0.4 is 0 Å². The fourth-order valence-corrected chi connectivity index (χ4v) is 2.92. The van der Waals surface area contributed by atoms with Crippen molar-refractivity contribution in [1.29, 1.82) is 0 Å². The lowest BCUT2D eigenvalue weighted by Gasteiger charge is -2.10. The Hall–Kier alpha value is -3.48. The van der Waals surface area contributed by atoms with E-state index in [0.717, 1.165) is 5.39 Å². The number of ketones is 2. The molecule has 0 bridgehead atoms. The van der Waals surface area contributed by atoms with Gasteiger partial charge in [-0.3, -0.25) is 9.59 Å². The van der Waals surface area contributed by atoms with Crippen molar-refractivity contribution >= 4 is 33.4 Å². The molecule has 23 heavy (non-hydrogen) atoms. The Bertz CT molecular complexity index is 1160. The molecule has 0 aliphatic heterocycles. The van der Waals surface area contributed by atoms with Gasteiger partial charge >= 0.3 is 0 Å².